The first-order chi connectivity index (χ1) is 5.29. The molecule has 0 atom stereocenters. The summed E-state index contributed by atoms with van der Waals surface area (Å²) in [6.45, 7) is 1.28. The van der Waals surface area contributed by atoms with Crippen LogP contribution in [0.1, 0.15) is 25.7 Å². The minimum Gasteiger partial charge on any atom is -0.381 e. The van der Waals surface area contributed by atoms with Gasteiger partial charge in [0.2, 0.25) is 5.91 Å². The number of ether oxygens (including phenoxy) is 1. The van der Waals surface area contributed by atoms with Crippen LogP contribution in [0.25, 0.3) is 0 Å². The van der Waals surface area contributed by atoms with Gasteiger partial charge in [0.15, 0.2) is 0 Å². The molecule has 3 heteroatoms. The fraction of sp³-hybridized carbons (Fsp3) is 0.875. The van der Waals surface area contributed by atoms with Crippen molar-refractivity contribution in [1.29, 1.82) is 0 Å². The van der Waals surface area contributed by atoms with Crippen LogP contribution in [0, 0.1) is 5.92 Å². The smallest absolute Gasteiger partial charge is 0.219 e. The molecule has 2 N–H and O–H groups in total. The summed E-state index contributed by atoms with van der Waals surface area (Å²) in [6.07, 6.45) is 4.22. The van der Waals surface area contributed by atoms with E-state index >= 15 is 0 Å². The molecule has 1 rings (SSSR count). The van der Waals surface area contributed by atoms with Gasteiger partial charge in [-0.3, -0.25) is 4.79 Å². The normalized spacial score (nSPS) is 16.7. The van der Waals surface area contributed by atoms with Gasteiger partial charge in [0.25, 0.3) is 0 Å². The molecule has 0 saturated heterocycles. The van der Waals surface area contributed by atoms with Gasteiger partial charge in [-0.1, -0.05) is 12.8 Å². The van der Waals surface area contributed by atoms with E-state index in [1.54, 1.807) is 0 Å². The van der Waals surface area contributed by atoms with E-state index in [0.717, 1.165) is 18.9 Å². The number of carbonyl (C=O) groups is 1. The summed E-state index contributed by atoms with van der Waals surface area (Å²) >= 11 is 0. The van der Waals surface area contributed by atoms with Crippen LogP contribution >= 0.6 is 0 Å². The first-order valence-corrected chi connectivity index (χ1v) is 4.15. The summed E-state index contributed by atoms with van der Waals surface area (Å²) in [6, 6.07) is 0. The van der Waals surface area contributed by atoms with Gasteiger partial charge in [-0.15, -0.1) is 0 Å². The van der Waals surface area contributed by atoms with Crippen molar-refractivity contribution in [2.24, 2.45) is 11.7 Å². The largest absolute Gasteiger partial charge is 0.381 e. The summed E-state index contributed by atoms with van der Waals surface area (Å²) in [4.78, 5) is 10.3. The summed E-state index contributed by atoms with van der Waals surface area (Å²) in [5.74, 6) is 0.625. The van der Waals surface area contributed by atoms with Crippen LogP contribution in [0.2, 0.25) is 0 Å². The minimum absolute atomic E-state index is 0.281. The van der Waals surface area contributed by atoms with Crippen LogP contribution in [0.3, 0.4) is 0 Å². The first kappa shape index (κ1) is 8.53. The van der Waals surface area contributed by atoms with Gasteiger partial charge in [0.05, 0.1) is 6.61 Å². The third-order valence-electron chi connectivity index (χ3n) is 1.86. The second-order valence-corrected chi connectivity index (χ2v) is 3.06. The molecule has 1 amide bonds. The number of amides is 1. The Labute approximate surface area is 66.9 Å². The summed E-state index contributed by atoms with van der Waals surface area (Å²) in [7, 11) is 0. The molecule has 0 radical (unpaired) electrons. The van der Waals surface area contributed by atoms with Gasteiger partial charge in [0, 0.05) is 13.0 Å². The molecular weight excluding hydrogens is 142 g/mol. The van der Waals surface area contributed by atoms with Crippen LogP contribution in [0.4, 0.5) is 0 Å². The lowest BCUT2D eigenvalue weighted by Gasteiger charge is -2.00. The highest BCUT2D eigenvalue weighted by atomic mass is 16.5. The maximum Gasteiger partial charge on any atom is 0.219 e. The Morgan fingerprint density at radius 1 is 1.45 bits per heavy atom. The third-order valence-corrected chi connectivity index (χ3v) is 1.86. The number of hydrogen-bond acceptors (Lipinski definition) is 2. The Hall–Kier alpha value is -0.570. The predicted octanol–water partition coefficient (Wildman–Crippen LogP) is 0.678. The van der Waals surface area contributed by atoms with E-state index in [4.69, 9.17) is 10.5 Å². The molecule has 0 heterocycles. The van der Waals surface area contributed by atoms with Crippen LogP contribution < -0.4 is 5.73 Å². The molecular formula is C8H15NO2. The van der Waals surface area contributed by atoms with Gasteiger partial charge in [0.1, 0.15) is 0 Å². The minimum atomic E-state index is -0.281. The lowest BCUT2D eigenvalue weighted by Crippen LogP contribution is -2.13. The van der Waals surface area contributed by atoms with Crippen LogP contribution in [-0.2, 0) is 9.53 Å². The number of carbonyl (C=O) groups excluding carboxylic acids is 1. The van der Waals surface area contributed by atoms with Crippen LogP contribution in [-0.4, -0.2) is 19.1 Å². The highest BCUT2D eigenvalue weighted by Crippen LogP contribution is 2.31. The standard InChI is InChI=1S/C8H15NO2/c9-8(10)4-6-11-5-3-7-1-2-7/h7H,1-6H2,(H2,9,10). The zero-order valence-corrected chi connectivity index (χ0v) is 6.71. The molecule has 1 fully saturated rings. The summed E-state index contributed by atoms with van der Waals surface area (Å²) in [5, 5.41) is 0. The zero-order chi connectivity index (χ0) is 8.10. The van der Waals surface area contributed by atoms with Crippen molar-refractivity contribution in [3.05, 3.63) is 0 Å². The number of primary amides is 1. The summed E-state index contributed by atoms with van der Waals surface area (Å²) < 4.78 is 5.19. The summed E-state index contributed by atoms with van der Waals surface area (Å²) in [5.41, 5.74) is 4.93. The Morgan fingerprint density at radius 3 is 2.73 bits per heavy atom. The molecule has 0 spiro atoms. The van der Waals surface area contributed by atoms with E-state index in [2.05, 4.69) is 0 Å². The van der Waals surface area contributed by atoms with Crippen molar-refractivity contribution in [3.8, 4) is 0 Å². The monoisotopic (exact) mass is 157 g/mol. The molecule has 1 aliphatic rings. The molecule has 1 saturated carbocycles. The van der Waals surface area contributed by atoms with Crippen LogP contribution in [0.15, 0.2) is 0 Å². The SMILES string of the molecule is NC(=O)CCOCCC1CC1. The average Bonchev–Trinajstić information content (AvgIpc) is 2.70. The van der Waals surface area contributed by atoms with Gasteiger partial charge in [-0.25, -0.2) is 0 Å². The fourth-order valence-corrected chi connectivity index (χ4v) is 0.931. The molecule has 64 valence electrons. The molecule has 3 nitrogen and oxygen atoms in total. The Kier molecular flexibility index (Phi) is 3.36. The highest BCUT2D eigenvalue weighted by molar-refractivity contribution is 5.73. The molecule has 0 aliphatic heterocycles. The van der Waals surface area contributed by atoms with Crippen molar-refractivity contribution in [2.45, 2.75) is 25.7 Å². The van der Waals surface area contributed by atoms with Crippen molar-refractivity contribution in [2.75, 3.05) is 13.2 Å². The quantitative estimate of drug-likeness (QED) is 0.576. The zero-order valence-electron chi connectivity index (χ0n) is 6.71. The number of nitrogens with two attached hydrogens (primary N) is 1. The van der Waals surface area contributed by atoms with Crippen molar-refractivity contribution >= 4 is 5.91 Å². The Bertz CT molecular complexity index is 132. The van der Waals surface area contributed by atoms with E-state index in [1.165, 1.54) is 12.8 Å². The molecule has 11 heavy (non-hydrogen) atoms. The fourth-order valence-electron chi connectivity index (χ4n) is 0.931. The topological polar surface area (TPSA) is 52.3 Å². The lowest BCUT2D eigenvalue weighted by atomic mass is 10.3. The van der Waals surface area contributed by atoms with Crippen molar-refractivity contribution < 1.29 is 9.53 Å². The van der Waals surface area contributed by atoms with E-state index in [1.807, 2.05) is 0 Å². The maximum absolute atomic E-state index is 10.3. The average molecular weight is 157 g/mol. The van der Waals surface area contributed by atoms with E-state index in [-0.39, 0.29) is 5.91 Å². The first-order valence-electron chi connectivity index (χ1n) is 4.15. The Balaban J connectivity index is 1.76. The van der Waals surface area contributed by atoms with Crippen molar-refractivity contribution in [1.82, 2.24) is 0 Å². The second kappa shape index (κ2) is 4.34. The second-order valence-electron chi connectivity index (χ2n) is 3.06. The van der Waals surface area contributed by atoms with Gasteiger partial charge < -0.3 is 10.5 Å². The molecule has 0 unspecified atom stereocenters. The Morgan fingerprint density at radius 2 is 2.18 bits per heavy atom. The van der Waals surface area contributed by atoms with Crippen molar-refractivity contribution in [3.63, 3.8) is 0 Å². The van der Waals surface area contributed by atoms with Gasteiger partial charge in [-0.2, -0.15) is 0 Å². The molecule has 0 aromatic rings. The molecule has 1 aliphatic carbocycles. The maximum atomic E-state index is 10.3. The number of rotatable bonds is 6. The van der Waals surface area contributed by atoms with E-state index in [0.29, 0.717) is 13.0 Å². The predicted molar refractivity (Wildman–Crippen MR) is 42.0 cm³/mol. The van der Waals surface area contributed by atoms with E-state index < -0.39 is 0 Å². The number of hydrogen-bond donors (Lipinski definition) is 1. The molecule has 0 bridgehead atoms. The van der Waals surface area contributed by atoms with E-state index in [9.17, 15) is 4.79 Å². The third kappa shape index (κ3) is 4.79. The van der Waals surface area contributed by atoms with Crippen LogP contribution in [0.5, 0.6) is 0 Å². The van der Waals surface area contributed by atoms with Gasteiger partial charge >= 0.3 is 0 Å². The lowest BCUT2D eigenvalue weighted by molar-refractivity contribution is -0.119. The molecule has 0 aromatic carbocycles. The molecule has 0 aromatic heterocycles. The van der Waals surface area contributed by atoms with Gasteiger partial charge in [-0.05, 0) is 12.3 Å². The highest BCUT2D eigenvalue weighted by Gasteiger charge is 2.20.